The first-order chi connectivity index (χ1) is 6.53. The molecule has 76 valence electrons. The summed E-state index contributed by atoms with van der Waals surface area (Å²) in [5.41, 5.74) is 0.716. The predicted molar refractivity (Wildman–Crippen MR) is 53.6 cm³/mol. The Kier molecular flexibility index (Phi) is 2.11. The molecule has 0 aromatic heterocycles. The lowest BCUT2D eigenvalue weighted by atomic mass is 9.98. The lowest BCUT2D eigenvalue weighted by Gasteiger charge is -2.12. The van der Waals surface area contributed by atoms with Crippen LogP contribution in [0.15, 0.2) is 18.2 Å². The largest absolute Gasteiger partial charge is 0.385 e. The van der Waals surface area contributed by atoms with E-state index in [4.69, 9.17) is 0 Å². The van der Waals surface area contributed by atoms with E-state index < -0.39 is 5.60 Å². The molecule has 0 amide bonds. The van der Waals surface area contributed by atoms with Crippen molar-refractivity contribution in [3.05, 3.63) is 35.1 Å². The van der Waals surface area contributed by atoms with E-state index in [0.29, 0.717) is 0 Å². The molecule has 1 aromatic rings. The van der Waals surface area contributed by atoms with Crippen LogP contribution in [-0.2, 0) is 5.60 Å². The van der Waals surface area contributed by atoms with Crippen molar-refractivity contribution in [1.82, 2.24) is 0 Å². The van der Waals surface area contributed by atoms with Crippen LogP contribution in [0.3, 0.4) is 0 Å². The highest BCUT2D eigenvalue weighted by molar-refractivity contribution is 5.33. The average Bonchev–Trinajstić information content (AvgIpc) is 2.84. The van der Waals surface area contributed by atoms with Gasteiger partial charge in [0, 0.05) is 0 Å². The molecule has 0 saturated heterocycles. The molecular formula is C12H15FO. The zero-order chi connectivity index (χ0) is 10.3. The molecule has 2 rings (SSSR count). The van der Waals surface area contributed by atoms with Gasteiger partial charge in [0.1, 0.15) is 5.82 Å². The highest BCUT2D eigenvalue weighted by Crippen LogP contribution is 2.45. The summed E-state index contributed by atoms with van der Waals surface area (Å²) in [5.74, 6) is -0.00396. The van der Waals surface area contributed by atoms with Crippen molar-refractivity contribution >= 4 is 0 Å². The Hall–Kier alpha value is -0.890. The molecule has 0 unspecified atom stereocenters. The van der Waals surface area contributed by atoms with E-state index in [-0.39, 0.29) is 11.7 Å². The fraction of sp³-hybridized carbons (Fsp3) is 0.500. The topological polar surface area (TPSA) is 20.2 Å². The van der Waals surface area contributed by atoms with Crippen molar-refractivity contribution < 1.29 is 9.50 Å². The van der Waals surface area contributed by atoms with Crippen LogP contribution in [0.1, 0.15) is 43.7 Å². The molecule has 1 saturated carbocycles. The van der Waals surface area contributed by atoms with Crippen molar-refractivity contribution in [2.45, 2.75) is 38.2 Å². The molecule has 0 radical (unpaired) electrons. The minimum absolute atomic E-state index is 0.192. The summed E-state index contributed by atoms with van der Waals surface area (Å²) < 4.78 is 13.5. The van der Waals surface area contributed by atoms with Crippen molar-refractivity contribution in [3.63, 3.8) is 0 Å². The van der Waals surface area contributed by atoms with E-state index in [1.54, 1.807) is 6.07 Å². The van der Waals surface area contributed by atoms with Gasteiger partial charge < -0.3 is 5.11 Å². The Labute approximate surface area is 83.6 Å². The summed E-state index contributed by atoms with van der Waals surface area (Å²) in [6, 6.07) is 5.10. The lowest BCUT2D eigenvalue weighted by Crippen LogP contribution is -2.05. The maximum absolute atomic E-state index is 13.5. The van der Waals surface area contributed by atoms with Crippen LogP contribution in [0, 0.1) is 5.82 Å². The summed E-state index contributed by atoms with van der Waals surface area (Å²) in [6.07, 6.45) is 1.51. The van der Waals surface area contributed by atoms with Gasteiger partial charge in [0.25, 0.3) is 0 Å². The molecule has 1 aliphatic rings. The Morgan fingerprint density at radius 1 is 1.36 bits per heavy atom. The summed E-state index contributed by atoms with van der Waals surface area (Å²) >= 11 is 0. The zero-order valence-corrected chi connectivity index (χ0v) is 8.55. The standard InChI is InChI=1S/C12H15FO/c1-8(2)10-4-3-9(7-11(10)13)12(14)5-6-12/h3-4,7-8,14H,5-6H2,1-2H3. The smallest absolute Gasteiger partial charge is 0.127 e. The molecule has 0 spiro atoms. The Morgan fingerprint density at radius 3 is 2.43 bits per heavy atom. The average molecular weight is 194 g/mol. The quantitative estimate of drug-likeness (QED) is 0.767. The number of aliphatic hydroxyl groups is 1. The predicted octanol–water partition coefficient (Wildman–Crippen LogP) is 2.93. The third-order valence-corrected chi connectivity index (χ3v) is 2.88. The van der Waals surface area contributed by atoms with Gasteiger partial charge in [0.05, 0.1) is 5.60 Å². The van der Waals surface area contributed by atoms with E-state index in [0.717, 1.165) is 24.0 Å². The third-order valence-electron chi connectivity index (χ3n) is 2.88. The number of rotatable bonds is 2. The SMILES string of the molecule is CC(C)c1ccc(C2(O)CC2)cc1F. The molecule has 1 nitrogen and oxygen atoms in total. The molecule has 1 aromatic carbocycles. The van der Waals surface area contributed by atoms with Gasteiger partial charge in [-0.15, -0.1) is 0 Å². The Bertz CT molecular complexity index is 353. The van der Waals surface area contributed by atoms with Crippen molar-refractivity contribution in [3.8, 4) is 0 Å². The van der Waals surface area contributed by atoms with Gasteiger partial charge >= 0.3 is 0 Å². The molecular weight excluding hydrogens is 179 g/mol. The second kappa shape index (κ2) is 3.06. The van der Waals surface area contributed by atoms with Gasteiger partial charge in [-0.2, -0.15) is 0 Å². The summed E-state index contributed by atoms with van der Waals surface area (Å²) in [6.45, 7) is 3.92. The van der Waals surface area contributed by atoms with E-state index in [1.165, 1.54) is 6.07 Å². The normalized spacial score (nSPS) is 18.6. The van der Waals surface area contributed by atoms with Crippen LogP contribution in [0.5, 0.6) is 0 Å². The molecule has 1 fully saturated rings. The zero-order valence-electron chi connectivity index (χ0n) is 8.55. The van der Waals surface area contributed by atoms with Crippen LogP contribution in [0.2, 0.25) is 0 Å². The maximum atomic E-state index is 13.5. The first-order valence-corrected chi connectivity index (χ1v) is 5.05. The highest BCUT2D eigenvalue weighted by atomic mass is 19.1. The first kappa shape index (κ1) is 9.66. The van der Waals surface area contributed by atoms with Crippen molar-refractivity contribution in [2.75, 3.05) is 0 Å². The second-order valence-electron chi connectivity index (χ2n) is 4.42. The first-order valence-electron chi connectivity index (χ1n) is 5.05. The van der Waals surface area contributed by atoms with Gasteiger partial charge in [-0.05, 0) is 36.0 Å². The van der Waals surface area contributed by atoms with Crippen LogP contribution in [0.25, 0.3) is 0 Å². The minimum Gasteiger partial charge on any atom is -0.385 e. The van der Waals surface area contributed by atoms with Crippen LogP contribution in [-0.4, -0.2) is 5.11 Å². The molecule has 0 bridgehead atoms. The van der Waals surface area contributed by atoms with Crippen molar-refractivity contribution in [1.29, 1.82) is 0 Å². The maximum Gasteiger partial charge on any atom is 0.127 e. The number of halogens is 1. The number of hydrogen-bond donors (Lipinski definition) is 1. The van der Waals surface area contributed by atoms with E-state index in [9.17, 15) is 9.50 Å². The van der Waals surface area contributed by atoms with E-state index >= 15 is 0 Å². The minimum atomic E-state index is -0.726. The molecule has 0 heterocycles. The van der Waals surface area contributed by atoms with Gasteiger partial charge in [-0.1, -0.05) is 26.0 Å². The monoisotopic (exact) mass is 194 g/mol. The molecule has 1 N–H and O–H groups in total. The van der Waals surface area contributed by atoms with Crippen molar-refractivity contribution in [2.24, 2.45) is 0 Å². The Morgan fingerprint density at radius 2 is 2.00 bits per heavy atom. The van der Waals surface area contributed by atoms with Crippen LogP contribution in [0.4, 0.5) is 4.39 Å². The summed E-state index contributed by atoms with van der Waals surface area (Å²) in [5, 5.41) is 9.79. The van der Waals surface area contributed by atoms with E-state index in [2.05, 4.69) is 0 Å². The fourth-order valence-corrected chi connectivity index (χ4v) is 1.69. The third kappa shape index (κ3) is 1.55. The molecule has 2 heteroatoms. The second-order valence-corrected chi connectivity index (χ2v) is 4.42. The molecule has 0 aliphatic heterocycles. The molecule has 1 aliphatic carbocycles. The van der Waals surface area contributed by atoms with Gasteiger partial charge in [0.15, 0.2) is 0 Å². The molecule has 14 heavy (non-hydrogen) atoms. The van der Waals surface area contributed by atoms with Gasteiger partial charge in [0.2, 0.25) is 0 Å². The molecule has 0 atom stereocenters. The summed E-state index contributed by atoms with van der Waals surface area (Å²) in [7, 11) is 0. The Balaban J connectivity index is 2.36. The number of benzene rings is 1. The van der Waals surface area contributed by atoms with E-state index in [1.807, 2.05) is 19.9 Å². The lowest BCUT2D eigenvalue weighted by molar-refractivity contribution is 0.151. The fourth-order valence-electron chi connectivity index (χ4n) is 1.69. The van der Waals surface area contributed by atoms with Crippen LogP contribution >= 0.6 is 0 Å². The summed E-state index contributed by atoms with van der Waals surface area (Å²) in [4.78, 5) is 0. The van der Waals surface area contributed by atoms with Crippen LogP contribution < -0.4 is 0 Å². The number of hydrogen-bond acceptors (Lipinski definition) is 1. The highest BCUT2D eigenvalue weighted by Gasteiger charge is 2.42. The van der Waals surface area contributed by atoms with Gasteiger partial charge in [-0.3, -0.25) is 0 Å². The van der Waals surface area contributed by atoms with Gasteiger partial charge in [-0.25, -0.2) is 4.39 Å².